The monoisotopic (exact) mass is 191 g/mol. The maximum atomic E-state index is 9.48. The highest BCUT2D eigenvalue weighted by Crippen LogP contribution is 2.37. The van der Waals surface area contributed by atoms with E-state index >= 15 is 0 Å². The molecule has 0 radical (unpaired) electrons. The van der Waals surface area contributed by atoms with E-state index in [0.29, 0.717) is 12.3 Å². The van der Waals surface area contributed by atoms with Crippen LogP contribution in [0.3, 0.4) is 0 Å². The highest BCUT2D eigenvalue weighted by Gasteiger charge is 2.30. The molecule has 0 heterocycles. The molecule has 0 amide bonds. The zero-order valence-electron chi connectivity index (χ0n) is 8.59. The highest BCUT2D eigenvalue weighted by molar-refractivity contribution is 5.41. The molecule has 2 heteroatoms. The minimum absolute atomic E-state index is 0.0618. The van der Waals surface area contributed by atoms with Crippen molar-refractivity contribution >= 4 is 0 Å². The van der Waals surface area contributed by atoms with Gasteiger partial charge in [0.1, 0.15) is 5.75 Å². The third-order valence-electron chi connectivity index (χ3n) is 3.37. The molecule has 76 valence electrons. The highest BCUT2D eigenvalue weighted by atomic mass is 16.3. The Morgan fingerprint density at radius 3 is 3.00 bits per heavy atom. The Balaban J connectivity index is 2.52. The summed E-state index contributed by atoms with van der Waals surface area (Å²) in [6, 6.07) is 5.67. The van der Waals surface area contributed by atoms with Crippen LogP contribution in [0.5, 0.6) is 5.75 Å². The van der Waals surface area contributed by atoms with Gasteiger partial charge in [-0.1, -0.05) is 13.0 Å². The van der Waals surface area contributed by atoms with E-state index in [2.05, 4.69) is 6.92 Å². The number of aryl methyl sites for hydroxylation is 1. The summed E-state index contributed by atoms with van der Waals surface area (Å²) in [4.78, 5) is 0. The molecule has 1 aliphatic carbocycles. The molecule has 1 aromatic carbocycles. The van der Waals surface area contributed by atoms with Crippen LogP contribution >= 0.6 is 0 Å². The molecule has 0 bridgehead atoms. The number of hydrogen-bond donors (Lipinski definition) is 2. The van der Waals surface area contributed by atoms with Crippen LogP contribution in [0.25, 0.3) is 0 Å². The summed E-state index contributed by atoms with van der Waals surface area (Å²) in [5, 5.41) is 9.48. The normalized spacial score (nSPS) is 25.9. The second-order valence-corrected chi connectivity index (χ2v) is 4.46. The number of rotatable bonds is 1. The average molecular weight is 191 g/mol. The molecule has 1 atom stereocenters. The summed E-state index contributed by atoms with van der Waals surface area (Å²) in [6.07, 6.45) is 3.44. The molecule has 0 saturated heterocycles. The number of hydrogen-bond acceptors (Lipinski definition) is 2. The lowest BCUT2D eigenvalue weighted by Gasteiger charge is -2.35. The van der Waals surface area contributed by atoms with E-state index in [-0.39, 0.29) is 5.41 Å². The average Bonchev–Trinajstić information content (AvgIpc) is 2.20. The van der Waals surface area contributed by atoms with E-state index in [9.17, 15) is 5.11 Å². The lowest BCUT2D eigenvalue weighted by Crippen LogP contribution is -2.35. The molecule has 2 nitrogen and oxygen atoms in total. The van der Waals surface area contributed by atoms with E-state index in [1.807, 2.05) is 12.1 Å². The van der Waals surface area contributed by atoms with Gasteiger partial charge in [0.15, 0.2) is 0 Å². The first-order chi connectivity index (χ1) is 6.65. The Hall–Kier alpha value is -1.02. The first kappa shape index (κ1) is 9.53. The number of nitrogens with two attached hydrogens (primary N) is 1. The third-order valence-corrected chi connectivity index (χ3v) is 3.37. The van der Waals surface area contributed by atoms with E-state index < -0.39 is 0 Å². The van der Waals surface area contributed by atoms with Gasteiger partial charge in [0.2, 0.25) is 0 Å². The number of phenolic OH excluding ortho intramolecular Hbond substituents is 1. The van der Waals surface area contributed by atoms with Gasteiger partial charge in [-0.15, -0.1) is 0 Å². The molecule has 0 saturated carbocycles. The lowest BCUT2D eigenvalue weighted by molar-refractivity contribution is 0.398. The minimum Gasteiger partial charge on any atom is -0.508 e. The topological polar surface area (TPSA) is 46.2 Å². The molecule has 0 aromatic heterocycles. The Bertz CT molecular complexity index is 348. The van der Waals surface area contributed by atoms with Crippen molar-refractivity contribution in [2.24, 2.45) is 5.73 Å². The van der Waals surface area contributed by atoms with Crippen LogP contribution in [0.4, 0.5) is 0 Å². The van der Waals surface area contributed by atoms with Gasteiger partial charge in [-0.3, -0.25) is 0 Å². The minimum atomic E-state index is 0.0618. The molecule has 0 spiro atoms. The first-order valence-corrected chi connectivity index (χ1v) is 5.18. The summed E-state index contributed by atoms with van der Waals surface area (Å²) >= 11 is 0. The fraction of sp³-hybridized carbons (Fsp3) is 0.500. The van der Waals surface area contributed by atoms with Crippen molar-refractivity contribution in [2.75, 3.05) is 6.54 Å². The van der Waals surface area contributed by atoms with Crippen molar-refractivity contribution in [2.45, 2.75) is 31.6 Å². The van der Waals surface area contributed by atoms with Crippen LogP contribution in [0.15, 0.2) is 18.2 Å². The zero-order chi connectivity index (χ0) is 10.2. The number of fused-ring (bicyclic) bond motifs is 1. The predicted octanol–water partition coefficient (Wildman–Crippen LogP) is 1.94. The van der Waals surface area contributed by atoms with Crippen molar-refractivity contribution in [3.63, 3.8) is 0 Å². The molecule has 1 aromatic rings. The van der Waals surface area contributed by atoms with E-state index in [4.69, 9.17) is 5.73 Å². The van der Waals surface area contributed by atoms with E-state index in [1.54, 1.807) is 6.07 Å². The molecule has 2 rings (SSSR count). The van der Waals surface area contributed by atoms with Crippen molar-refractivity contribution in [3.8, 4) is 5.75 Å². The summed E-state index contributed by atoms with van der Waals surface area (Å²) in [5.74, 6) is 0.352. The van der Waals surface area contributed by atoms with E-state index in [0.717, 1.165) is 12.8 Å². The van der Waals surface area contributed by atoms with Gasteiger partial charge in [-0.05, 0) is 42.5 Å². The van der Waals surface area contributed by atoms with E-state index in [1.165, 1.54) is 17.5 Å². The first-order valence-electron chi connectivity index (χ1n) is 5.18. The second-order valence-electron chi connectivity index (χ2n) is 4.46. The summed E-state index contributed by atoms with van der Waals surface area (Å²) in [7, 11) is 0. The smallest absolute Gasteiger partial charge is 0.115 e. The lowest BCUT2D eigenvalue weighted by atomic mass is 9.71. The van der Waals surface area contributed by atoms with Crippen LogP contribution in [0.2, 0.25) is 0 Å². The molecule has 3 N–H and O–H groups in total. The van der Waals surface area contributed by atoms with Crippen LogP contribution in [-0.2, 0) is 11.8 Å². The fourth-order valence-electron chi connectivity index (χ4n) is 2.36. The van der Waals surface area contributed by atoms with Crippen LogP contribution in [0, 0.1) is 0 Å². The van der Waals surface area contributed by atoms with Crippen molar-refractivity contribution in [3.05, 3.63) is 29.3 Å². The molecule has 1 unspecified atom stereocenters. The second kappa shape index (κ2) is 3.28. The molecule has 0 fully saturated rings. The maximum Gasteiger partial charge on any atom is 0.115 e. The zero-order valence-corrected chi connectivity index (χ0v) is 8.59. The quantitative estimate of drug-likeness (QED) is 0.712. The Morgan fingerprint density at radius 1 is 1.50 bits per heavy atom. The summed E-state index contributed by atoms with van der Waals surface area (Å²) in [5.41, 5.74) is 8.47. The molecule has 1 aliphatic rings. The van der Waals surface area contributed by atoms with Crippen LogP contribution in [-0.4, -0.2) is 11.7 Å². The third kappa shape index (κ3) is 1.40. The van der Waals surface area contributed by atoms with Gasteiger partial charge in [0.25, 0.3) is 0 Å². The van der Waals surface area contributed by atoms with Crippen molar-refractivity contribution < 1.29 is 5.11 Å². The van der Waals surface area contributed by atoms with Crippen molar-refractivity contribution in [1.82, 2.24) is 0 Å². The predicted molar refractivity (Wildman–Crippen MR) is 57.5 cm³/mol. The molecule has 0 aliphatic heterocycles. The number of aromatic hydroxyl groups is 1. The molecule has 14 heavy (non-hydrogen) atoms. The summed E-state index contributed by atoms with van der Waals surface area (Å²) < 4.78 is 0. The van der Waals surface area contributed by atoms with Gasteiger partial charge in [0.05, 0.1) is 0 Å². The van der Waals surface area contributed by atoms with Gasteiger partial charge in [-0.2, -0.15) is 0 Å². The van der Waals surface area contributed by atoms with Crippen molar-refractivity contribution in [1.29, 1.82) is 0 Å². The van der Waals surface area contributed by atoms with Gasteiger partial charge >= 0.3 is 0 Å². The van der Waals surface area contributed by atoms with Crippen LogP contribution in [0.1, 0.15) is 30.9 Å². The largest absolute Gasteiger partial charge is 0.508 e. The van der Waals surface area contributed by atoms with Gasteiger partial charge in [0, 0.05) is 12.0 Å². The maximum absolute atomic E-state index is 9.48. The standard InChI is InChI=1S/C12H17NO/c1-12(8-13)6-2-3-9-4-5-10(14)7-11(9)12/h4-5,7,14H,2-3,6,8,13H2,1H3. The Labute approximate surface area is 84.7 Å². The van der Waals surface area contributed by atoms with Crippen LogP contribution < -0.4 is 5.73 Å². The fourth-order valence-corrected chi connectivity index (χ4v) is 2.36. The summed E-state index contributed by atoms with van der Waals surface area (Å²) in [6.45, 7) is 2.84. The molecular weight excluding hydrogens is 174 g/mol. The SMILES string of the molecule is CC1(CN)CCCc2ccc(O)cc21. The van der Waals surface area contributed by atoms with Gasteiger partial charge < -0.3 is 10.8 Å². The van der Waals surface area contributed by atoms with Gasteiger partial charge in [-0.25, -0.2) is 0 Å². The number of benzene rings is 1. The Kier molecular flexibility index (Phi) is 2.23. The Morgan fingerprint density at radius 2 is 2.29 bits per heavy atom. The number of phenols is 1. The molecular formula is C12H17NO.